The van der Waals surface area contributed by atoms with Crippen molar-refractivity contribution in [1.29, 1.82) is 0 Å². The number of fused-ring (bicyclic) bond motifs is 1. The number of carbonyl (C=O) groups excluding carboxylic acids is 2. The highest BCUT2D eigenvalue weighted by Crippen LogP contribution is 2.34. The monoisotopic (exact) mass is 316 g/mol. The molecule has 114 valence electrons. The third-order valence-electron chi connectivity index (χ3n) is 3.42. The van der Waals surface area contributed by atoms with E-state index in [1.807, 2.05) is 24.4 Å². The van der Waals surface area contributed by atoms with Gasteiger partial charge in [-0.25, -0.2) is 0 Å². The Morgan fingerprint density at radius 2 is 2.27 bits per heavy atom. The summed E-state index contributed by atoms with van der Waals surface area (Å²) >= 11 is 1.56. The maximum atomic E-state index is 12.0. The van der Waals surface area contributed by atoms with Crippen molar-refractivity contribution in [2.45, 2.75) is 13.3 Å². The van der Waals surface area contributed by atoms with Crippen LogP contribution in [0, 0.1) is 0 Å². The summed E-state index contributed by atoms with van der Waals surface area (Å²) in [6.07, 6.45) is 0.349. The first-order valence-corrected chi connectivity index (χ1v) is 7.95. The molecule has 1 aliphatic rings. The first-order chi connectivity index (χ1) is 10.7. The van der Waals surface area contributed by atoms with Gasteiger partial charge in [-0.1, -0.05) is 6.07 Å². The Morgan fingerprint density at radius 1 is 1.41 bits per heavy atom. The van der Waals surface area contributed by atoms with Crippen LogP contribution in [0.3, 0.4) is 0 Å². The molecule has 1 aromatic heterocycles. The number of nitrogens with zero attached hydrogens (tertiary/aromatic N) is 1. The van der Waals surface area contributed by atoms with Gasteiger partial charge in [-0.3, -0.25) is 9.59 Å². The summed E-state index contributed by atoms with van der Waals surface area (Å²) in [6, 6.07) is 9.21. The van der Waals surface area contributed by atoms with Crippen LogP contribution in [0.4, 0.5) is 11.4 Å². The van der Waals surface area contributed by atoms with Crippen LogP contribution >= 0.6 is 11.3 Å². The number of amides is 2. The fourth-order valence-electron chi connectivity index (χ4n) is 2.40. The van der Waals surface area contributed by atoms with Crippen LogP contribution in [-0.4, -0.2) is 25.0 Å². The van der Waals surface area contributed by atoms with E-state index in [9.17, 15) is 9.59 Å². The molecule has 0 spiro atoms. The molecule has 2 aromatic rings. The van der Waals surface area contributed by atoms with Crippen LogP contribution in [0.2, 0.25) is 0 Å². The summed E-state index contributed by atoms with van der Waals surface area (Å²) < 4.78 is 5.41. The van der Waals surface area contributed by atoms with Crippen molar-refractivity contribution in [3.63, 3.8) is 0 Å². The van der Waals surface area contributed by atoms with E-state index in [4.69, 9.17) is 4.74 Å². The molecule has 0 fully saturated rings. The van der Waals surface area contributed by atoms with E-state index >= 15 is 0 Å². The maximum Gasteiger partial charge on any atom is 0.265 e. The smallest absolute Gasteiger partial charge is 0.265 e. The Morgan fingerprint density at radius 3 is 3.00 bits per heavy atom. The van der Waals surface area contributed by atoms with Gasteiger partial charge in [0.15, 0.2) is 6.61 Å². The van der Waals surface area contributed by atoms with Crippen molar-refractivity contribution >= 4 is 34.5 Å². The number of anilines is 2. The number of nitrogens with one attached hydrogen (secondary N) is 1. The van der Waals surface area contributed by atoms with Crippen LogP contribution in [-0.2, 0) is 16.0 Å². The quantitative estimate of drug-likeness (QED) is 0.943. The Labute approximate surface area is 132 Å². The van der Waals surface area contributed by atoms with Gasteiger partial charge in [0.2, 0.25) is 5.91 Å². The van der Waals surface area contributed by atoms with Gasteiger partial charge in [-0.05, 0) is 36.6 Å². The van der Waals surface area contributed by atoms with Crippen molar-refractivity contribution in [1.82, 2.24) is 0 Å². The predicted octanol–water partition coefficient (Wildman–Crippen LogP) is 2.67. The third kappa shape index (κ3) is 2.96. The summed E-state index contributed by atoms with van der Waals surface area (Å²) in [4.78, 5) is 26.6. The Hall–Kier alpha value is -2.34. The van der Waals surface area contributed by atoms with E-state index < -0.39 is 0 Å². The molecule has 1 aromatic carbocycles. The molecule has 1 aliphatic heterocycles. The van der Waals surface area contributed by atoms with Crippen LogP contribution < -0.4 is 15.0 Å². The number of ether oxygens (including phenoxy) is 1. The second-order valence-corrected chi connectivity index (χ2v) is 5.95. The van der Waals surface area contributed by atoms with Crippen LogP contribution in [0.1, 0.15) is 11.8 Å². The van der Waals surface area contributed by atoms with Gasteiger partial charge >= 0.3 is 0 Å². The number of hydrogen-bond donors (Lipinski definition) is 1. The molecule has 0 aliphatic carbocycles. The average Bonchev–Trinajstić information content (AvgIpc) is 3.00. The summed E-state index contributed by atoms with van der Waals surface area (Å²) in [5.74, 6) is 0.517. The van der Waals surface area contributed by atoms with Gasteiger partial charge < -0.3 is 15.0 Å². The summed E-state index contributed by atoms with van der Waals surface area (Å²) in [5.41, 5.74) is 1.37. The maximum absolute atomic E-state index is 12.0. The van der Waals surface area contributed by atoms with Gasteiger partial charge in [0.25, 0.3) is 5.91 Å². The second-order valence-electron chi connectivity index (χ2n) is 4.91. The fourth-order valence-corrected chi connectivity index (χ4v) is 3.11. The number of hydrogen-bond acceptors (Lipinski definition) is 4. The first kappa shape index (κ1) is 14.6. The van der Waals surface area contributed by atoms with Crippen molar-refractivity contribution in [3.8, 4) is 5.75 Å². The predicted molar refractivity (Wildman–Crippen MR) is 86.6 cm³/mol. The minimum Gasteiger partial charge on any atom is -0.482 e. The van der Waals surface area contributed by atoms with E-state index in [0.717, 1.165) is 4.88 Å². The first-order valence-electron chi connectivity index (χ1n) is 7.07. The van der Waals surface area contributed by atoms with E-state index in [1.54, 1.807) is 34.4 Å². The summed E-state index contributed by atoms with van der Waals surface area (Å²) in [6.45, 7) is 2.54. The van der Waals surface area contributed by atoms with Crippen LogP contribution in [0.15, 0.2) is 35.7 Å². The van der Waals surface area contributed by atoms with Crippen molar-refractivity contribution in [2.24, 2.45) is 0 Å². The van der Waals surface area contributed by atoms with Gasteiger partial charge in [-0.15, -0.1) is 11.3 Å². The second kappa shape index (κ2) is 6.19. The standard InChI is InChI=1S/C16H16N2O3S/c1-2-18-13-8-11(5-6-14(13)21-10-16(18)20)17-15(19)9-12-4-3-7-22-12/h3-8H,2,9-10H2,1H3,(H,17,19). The SMILES string of the molecule is CCN1C(=O)COc2ccc(NC(=O)Cc3cccs3)cc21. The lowest BCUT2D eigenvalue weighted by atomic mass is 10.2. The molecular formula is C16H16N2O3S. The molecule has 0 atom stereocenters. The van der Waals surface area contributed by atoms with E-state index in [1.165, 1.54) is 0 Å². The van der Waals surface area contributed by atoms with Gasteiger partial charge in [0, 0.05) is 17.1 Å². The Bertz CT molecular complexity index is 697. The van der Waals surface area contributed by atoms with Gasteiger partial charge in [-0.2, -0.15) is 0 Å². The Kier molecular flexibility index (Phi) is 4.11. The number of rotatable bonds is 4. The summed E-state index contributed by atoms with van der Waals surface area (Å²) in [5, 5.41) is 4.81. The minimum atomic E-state index is -0.0755. The number of likely N-dealkylation sites (N-methyl/N-ethyl adjacent to an activating group) is 1. The Balaban J connectivity index is 1.76. The van der Waals surface area contributed by atoms with Crippen molar-refractivity contribution in [2.75, 3.05) is 23.4 Å². The molecule has 2 heterocycles. The van der Waals surface area contributed by atoms with E-state index in [0.29, 0.717) is 30.1 Å². The molecule has 22 heavy (non-hydrogen) atoms. The minimum absolute atomic E-state index is 0.0604. The summed E-state index contributed by atoms with van der Waals surface area (Å²) in [7, 11) is 0. The molecule has 6 heteroatoms. The topological polar surface area (TPSA) is 58.6 Å². The lowest BCUT2D eigenvalue weighted by Gasteiger charge is -2.28. The molecule has 0 bridgehead atoms. The normalized spacial score (nSPS) is 13.5. The highest BCUT2D eigenvalue weighted by molar-refractivity contribution is 7.10. The molecule has 2 amide bonds. The zero-order valence-corrected chi connectivity index (χ0v) is 13.0. The fraction of sp³-hybridized carbons (Fsp3) is 0.250. The molecule has 5 nitrogen and oxygen atoms in total. The van der Waals surface area contributed by atoms with Crippen LogP contribution in [0.5, 0.6) is 5.75 Å². The molecule has 0 unspecified atom stereocenters. The highest BCUT2D eigenvalue weighted by atomic mass is 32.1. The molecule has 1 N–H and O–H groups in total. The number of benzene rings is 1. The molecule has 3 rings (SSSR count). The lowest BCUT2D eigenvalue weighted by Crippen LogP contribution is -2.38. The molecule has 0 saturated heterocycles. The largest absolute Gasteiger partial charge is 0.482 e. The van der Waals surface area contributed by atoms with Gasteiger partial charge in [0.05, 0.1) is 12.1 Å². The molecule has 0 saturated carbocycles. The average molecular weight is 316 g/mol. The zero-order valence-electron chi connectivity index (χ0n) is 12.2. The highest BCUT2D eigenvalue weighted by Gasteiger charge is 2.24. The van der Waals surface area contributed by atoms with Gasteiger partial charge in [0.1, 0.15) is 5.75 Å². The van der Waals surface area contributed by atoms with E-state index in [2.05, 4.69) is 5.32 Å². The van der Waals surface area contributed by atoms with Crippen LogP contribution in [0.25, 0.3) is 0 Å². The van der Waals surface area contributed by atoms with Crippen molar-refractivity contribution < 1.29 is 14.3 Å². The molecular weight excluding hydrogens is 300 g/mol. The lowest BCUT2D eigenvalue weighted by molar-refractivity contribution is -0.121. The number of thiophene rings is 1. The zero-order chi connectivity index (χ0) is 15.5. The van der Waals surface area contributed by atoms with Crippen molar-refractivity contribution in [3.05, 3.63) is 40.6 Å². The van der Waals surface area contributed by atoms with E-state index in [-0.39, 0.29) is 18.4 Å². The molecule has 0 radical (unpaired) electrons. The third-order valence-corrected chi connectivity index (χ3v) is 4.29. The number of carbonyl (C=O) groups is 2.